The maximum atomic E-state index is 10.2. The maximum absolute atomic E-state index is 10.2. The van der Waals surface area contributed by atoms with Gasteiger partial charge in [0.1, 0.15) is 5.75 Å². The van der Waals surface area contributed by atoms with Crippen LogP contribution in [-0.2, 0) is 6.42 Å². The molecule has 0 unspecified atom stereocenters. The van der Waals surface area contributed by atoms with Gasteiger partial charge in [-0.25, -0.2) is 4.79 Å². The van der Waals surface area contributed by atoms with Crippen LogP contribution in [0.15, 0.2) is 24.3 Å². The van der Waals surface area contributed by atoms with E-state index in [1.807, 2.05) is 24.3 Å². The molecule has 1 amide bonds. The summed E-state index contributed by atoms with van der Waals surface area (Å²) in [6, 6.07) is 7.55. The van der Waals surface area contributed by atoms with Gasteiger partial charge in [-0.2, -0.15) is 0 Å². The standard InChI is InChI=1S/C10H13NO3/c1-14-9-4-2-8(3-5-9)6-7-11-10(12)13/h2-5,11H,6-7H2,1H3,(H,12,13). The van der Waals surface area contributed by atoms with Gasteiger partial charge >= 0.3 is 6.09 Å². The Kier molecular flexibility index (Phi) is 3.79. The van der Waals surface area contributed by atoms with E-state index in [1.54, 1.807) is 7.11 Å². The maximum Gasteiger partial charge on any atom is 0.404 e. The second-order valence-electron chi connectivity index (χ2n) is 2.83. The van der Waals surface area contributed by atoms with Crippen LogP contribution in [-0.4, -0.2) is 24.9 Å². The molecule has 2 N–H and O–H groups in total. The lowest BCUT2D eigenvalue weighted by Crippen LogP contribution is -2.23. The number of methoxy groups -OCH3 is 1. The number of benzene rings is 1. The minimum Gasteiger partial charge on any atom is -0.497 e. The third-order valence-electron chi connectivity index (χ3n) is 1.85. The topological polar surface area (TPSA) is 58.6 Å². The molecule has 0 aliphatic heterocycles. The zero-order valence-electron chi connectivity index (χ0n) is 7.99. The van der Waals surface area contributed by atoms with Crippen LogP contribution in [0.5, 0.6) is 5.75 Å². The van der Waals surface area contributed by atoms with Crippen molar-refractivity contribution in [3.05, 3.63) is 29.8 Å². The number of hydrogen-bond acceptors (Lipinski definition) is 2. The average molecular weight is 195 g/mol. The Bertz CT molecular complexity index is 295. The van der Waals surface area contributed by atoms with Gasteiger partial charge in [0.2, 0.25) is 0 Å². The second kappa shape index (κ2) is 5.11. The van der Waals surface area contributed by atoms with Gasteiger partial charge in [-0.05, 0) is 24.1 Å². The van der Waals surface area contributed by atoms with Crippen LogP contribution >= 0.6 is 0 Å². The highest BCUT2D eigenvalue weighted by molar-refractivity contribution is 5.64. The van der Waals surface area contributed by atoms with Gasteiger partial charge in [0, 0.05) is 6.54 Å². The summed E-state index contributed by atoms with van der Waals surface area (Å²) in [5, 5.41) is 10.7. The highest BCUT2D eigenvalue weighted by Gasteiger charge is 1.96. The molecule has 0 aromatic heterocycles. The Morgan fingerprint density at radius 2 is 2.07 bits per heavy atom. The molecule has 0 fully saturated rings. The Balaban J connectivity index is 2.40. The number of carboxylic acid groups (broad SMARTS) is 1. The third kappa shape index (κ3) is 3.35. The molecule has 76 valence electrons. The monoisotopic (exact) mass is 195 g/mol. The highest BCUT2D eigenvalue weighted by atomic mass is 16.5. The van der Waals surface area contributed by atoms with Gasteiger partial charge in [-0.1, -0.05) is 12.1 Å². The number of hydrogen-bond donors (Lipinski definition) is 2. The van der Waals surface area contributed by atoms with E-state index in [4.69, 9.17) is 9.84 Å². The first-order chi connectivity index (χ1) is 6.72. The molecule has 14 heavy (non-hydrogen) atoms. The quantitative estimate of drug-likeness (QED) is 0.765. The first kappa shape index (κ1) is 10.4. The molecule has 4 nitrogen and oxygen atoms in total. The van der Waals surface area contributed by atoms with E-state index in [0.717, 1.165) is 11.3 Å². The average Bonchev–Trinajstić information content (AvgIpc) is 2.18. The Labute approximate surface area is 82.5 Å². The van der Waals surface area contributed by atoms with Crippen molar-refractivity contribution >= 4 is 6.09 Å². The number of nitrogens with one attached hydrogen (secondary N) is 1. The highest BCUT2D eigenvalue weighted by Crippen LogP contribution is 2.11. The molecule has 0 aliphatic rings. The number of rotatable bonds is 4. The summed E-state index contributed by atoms with van der Waals surface area (Å²) >= 11 is 0. The zero-order chi connectivity index (χ0) is 10.4. The molecule has 0 bridgehead atoms. The van der Waals surface area contributed by atoms with Crippen molar-refractivity contribution in [2.45, 2.75) is 6.42 Å². The normalized spacial score (nSPS) is 9.50. The van der Waals surface area contributed by atoms with E-state index >= 15 is 0 Å². The van der Waals surface area contributed by atoms with Crippen molar-refractivity contribution in [3.8, 4) is 5.75 Å². The van der Waals surface area contributed by atoms with Crippen LogP contribution < -0.4 is 10.1 Å². The van der Waals surface area contributed by atoms with Gasteiger partial charge in [-0.3, -0.25) is 0 Å². The fraction of sp³-hybridized carbons (Fsp3) is 0.300. The zero-order valence-corrected chi connectivity index (χ0v) is 7.99. The van der Waals surface area contributed by atoms with Crippen molar-refractivity contribution in [1.82, 2.24) is 5.32 Å². The molecule has 1 rings (SSSR count). The van der Waals surface area contributed by atoms with Crippen molar-refractivity contribution in [3.63, 3.8) is 0 Å². The first-order valence-electron chi connectivity index (χ1n) is 4.32. The first-order valence-corrected chi connectivity index (χ1v) is 4.32. The van der Waals surface area contributed by atoms with E-state index in [1.165, 1.54) is 0 Å². The lowest BCUT2D eigenvalue weighted by atomic mass is 10.1. The van der Waals surface area contributed by atoms with Crippen LogP contribution in [0, 0.1) is 0 Å². The van der Waals surface area contributed by atoms with E-state index in [2.05, 4.69) is 5.32 Å². The summed E-state index contributed by atoms with van der Waals surface area (Å²) < 4.78 is 5.00. The number of carbonyl (C=O) groups is 1. The summed E-state index contributed by atoms with van der Waals surface area (Å²) in [4.78, 5) is 10.2. The van der Waals surface area contributed by atoms with Gasteiger partial charge in [-0.15, -0.1) is 0 Å². The summed E-state index contributed by atoms with van der Waals surface area (Å²) in [5.41, 5.74) is 1.08. The summed E-state index contributed by atoms with van der Waals surface area (Å²) in [6.07, 6.45) is -0.297. The van der Waals surface area contributed by atoms with Crippen LogP contribution in [0.4, 0.5) is 4.79 Å². The largest absolute Gasteiger partial charge is 0.497 e. The van der Waals surface area contributed by atoms with Crippen LogP contribution in [0.2, 0.25) is 0 Å². The van der Waals surface area contributed by atoms with E-state index in [0.29, 0.717) is 13.0 Å². The number of amides is 1. The van der Waals surface area contributed by atoms with E-state index in [9.17, 15) is 4.79 Å². The molecule has 0 radical (unpaired) electrons. The van der Waals surface area contributed by atoms with Crippen LogP contribution in [0.1, 0.15) is 5.56 Å². The number of ether oxygens (including phenoxy) is 1. The molecule has 0 saturated heterocycles. The van der Waals surface area contributed by atoms with Crippen molar-refractivity contribution in [2.75, 3.05) is 13.7 Å². The smallest absolute Gasteiger partial charge is 0.404 e. The Hall–Kier alpha value is -1.71. The molecule has 1 aromatic carbocycles. The third-order valence-corrected chi connectivity index (χ3v) is 1.85. The predicted molar refractivity (Wildman–Crippen MR) is 52.7 cm³/mol. The molecule has 1 aromatic rings. The van der Waals surface area contributed by atoms with Crippen molar-refractivity contribution in [1.29, 1.82) is 0 Å². The minimum absolute atomic E-state index is 0.432. The minimum atomic E-state index is -0.987. The van der Waals surface area contributed by atoms with E-state index in [-0.39, 0.29) is 0 Å². The summed E-state index contributed by atoms with van der Waals surface area (Å²) in [7, 11) is 1.61. The Morgan fingerprint density at radius 1 is 1.43 bits per heavy atom. The molecule has 4 heteroatoms. The van der Waals surface area contributed by atoms with Gasteiger partial charge in [0.05, 0.1) is 7.11 Å². The fourth-order valence-corrected chi connectivity index (χ4v) is 1.11. The van der Waals surface area contributed by atoms with Crippen LogP contribution in [0.3, 0.4) is 0 Å². The predicted octanol–water partition coefficient (Wildman–Crippen LogP) is 1.51. The SMILES string of the molecule is COc1ccc(CCNC(=O)O)cc1. The molecular formula is C10H13NO3. The van der Waals surface area contributed by atoms with Gasteiger partial charge < -0.3 is 15.2 Å². The molecule has 0 spiro atoms. The lowest BCUT2D eigenvalue weighted by molar-refractivity contribution is 0.194. The van der Waals surface area contributed by atoms with Crippen molar-refractivity contribution in [2.24, 2.45) is 0 Å². The molecule has 0 saturated carbocycles. The Morgan fingerprint density at radius 3 is 2.57 bits per heavy atom. The molecule has 0 atom stereocenters. The molecule has 0 heterocycles. The van der Waals surface area contributed by atoms with Gasteiger partial charge in [0.15, 0.2) is 0 Å². The summed E-state index contributed by atoms with van der Waals surface area (Å²) in [6.45, 7) is 0.432. The lowest BCUT2D eigenvalue weighted by Gasteiger charge is -2.03. The van der Waals surface area contributed by atoms with Gasteiger partial charge in [0.25, 0.3) is 0 Å². The summed E-state index contributed by atoms with van der Waals surface area (Å²) in [5.74, 6) is 0.806. The molecular weight excluding hydrogens is 182 g/mol. The molecule has 0 aliphatic carbocycles. The fourth-order valence-electron chi connectivity index (χ4n) is 1.11. The van der Waals surface area contributed by atoms with Crippen LogP contribution in [0.25, 0.3) is 0 Å². The van der Waals surface area contributed by atoms with E-state index < -0.39 is 6.09 Å². The second-order valence-corrected chi connectivity index (χ2v) is 2.83. The van der Waals surface area contributed by atoms with Crippen molar-refractivity contribution < 1.29 is 14.6 Å².